The summed E-state index contributed by atoms with van der Waals surface area (Å²) in [5.41, 5.74) is 0.0566. The number of ether oxygens (including phenoxy) is 1. The van der Waals surface area contributed by atoms with Gasteiger partial charge in [0.1, 0.15) is 5.60 Å². The summed E-state index contributed by atoms with van der Waals surface area (Å²) in [6.07, 6.45) is -5.01. The number of alkyl halides is 3. The van der Waals surface area contributed by atoms with E-state index in [1.54, 1.807) is 39.0 Å². The van der Waals surface area contributed by atoms with Crippen molar-refractivity contribution in [3.8, 4) is 0 Å². The standard InChI is InChI=1S/C22H19Cl3F3NO2S2/c1-20(2,3)31-19(30)11-32-18-5-4-12(6-16(18)25)17-10-21(33-29-17,22(26,27)28)13-7-14(23)9-15(24)8-13/h4-9H,10-11H2,1-3H3. The molecule has 1 atom stereocenters. The zero-order valence-electron chi connectivity index (χ0n) is 17.7. The Labute approximate surface area is 213 Å². The molecule has 11 heteroatoms. The zero-order chi connectivity index (χ0) is 24.6. The Morgan fingerprint density at radius 2 is 1.76 bits per heavy atom. The predicted octanol–water partition coefficient (Wildman–Crippen LogP) is 8.38. The molecule has 2 aromatic carbocycles. The summed E-state index contributed by atoms with van der Waals surface area (Å²) in [5, 5.41) is 0.540. The van der Waals surface area contributed by atoms with Crippen LogP contribution in [-0.4, -0.2) is 29.2 Å². The average molecular weight is 557 g/mol. The third-order valence-corrected chi connectivity index (χ3v) is 7.69. The molecule has 1 unspecified atom stereocenters. The Bertz CT molecular complexity index is 1080. The van der Waals surface area contributed by atoms with Crippen LogP contribution in [0.2, 0.25) is 15.1 Å². The van der Waals surface area contributed by atoms with Gasteiger partial charge in [-0.15, -0.1) is 11.8 Å². The van der Waals surface area contributed by atoms with E-state index in [-0.39, 0.29) is 33.0 Å². The minimum absolute atomic E-state index is 0.0554. The smallest absolute Gasteiger partial charge is 0.409 e. The summed E-state index contributed by atoms with van der Waals surface area (Å²) in [7, 11) is 0. The number of rotatable bonds is 5. The van der Waals surface area contributed by atoms with E-state index in [9.17, 15) is 18.0 Å². The number of hydrogen-bond acceptors (Lipinski definition) is 5. The molecule has 0 aliphatic carbocycles. The van der Waals surface area contributed by atoms with Crippen molar-refractivity contribution >= 4 is 70.2 Å². The van der Waals surface area contributed by atoms with Gasteiger partial charge in [-0.2, -0.15) is 13.2 Å². The number of halogens is 6. The Morgan fingerprint density at radius 1 is 1.12 bits per heavy atom. The minimum atomic E-state index is -4.61. The van der Waals surface area contributed by atoms with Crippen molar-refractivity contribution < 1.29 is 22.7 Å². The van der Waals surface area contributed by atoms with Crippen molar-refractivity contribution in [1.29, 1.82) is 0 Å². The normalized spacial score (nSPS) is 18.9. The maximum Gasteiger partial charge on any atom is 0.409 e. The topological polar surface area (TPSA) is 38.7 Å². The first-order chi connectivity index (χ1) is 15.2. The van der Waals surface area contributed by atoms with Crippen LogP contribution in [0.15, 0.2) is 45.7 Å². The first-order valence-corrected chi connectivity index (χ1v) is 12.5. The van der Waals surface area contributed by atoms with Crippen LogP contribution in [-0.2, 0) is 14.3 Å². The van der Waals surface area contributed by atoms with Crippen LogP contribution in [0.5, 0.6) is 0 Å². The molecule has 3 rings (SSSR count). The van der Waals surface area contributed by atoms with E-state index in [0.29, 0.717) is 27.4 Å². The van der Waals surface area contributed by atoms with E-state index >= 15 is 0 Å². The molecular formula is C22H19Cl3F3NO2S2. The lowest BCUT2D eigenvalue weighted by molar-refractivity contribution is -0.159. The molecule has 0 saturated heterocycles. The number of thioether (sulfide) groups is 1. The molecule has 0 saturated carbocycles. The summed E-state index contributed by atoms with van der Waals surface area (Å²) >= 11 is 19.9. The molecule has 1 aliphatic rings. The fraction of sp³-hybridized carbons (Fsp3) is 0.364. The molecule has 0 radical (unpaired) electrons. The maximum absolute atomic E-state index is 14.2. The number of benzene rings is 2. The summed E-state index contributed by atoms with van der Waals surface area (Å²) in [6.45, 7) is 5.32. The molecule has 33 heavy (non-hydrogen) atoms. The van der Waals surface area contributed by atoms with Gasteiger partial charge in [-0.3, -0.25) is 4.79 Å². The number of carbonyl (C=O) groups excluding carboxylic acids is 1. The van der Waals surface area contributed by atoms with Crippen LogP contribution in [0.25, 0.3) is 0 Å². The highest BCUT2D eigenvalue weighted by molar-refractivity contribution is 8.00. The van der Waals surface area contributed by atoms with Crippen LogP contribution in [0.1, 0.15) is 38.3 Å². The summed E-state index contributed by atoms with van der Waals surface area (Å²) in [4.78, 5) is 12.5. The molecule has 0 aromatic heterocycles. The van der Waals surface area contributed by atoms with Gasteiger partial charge in [0.05, 0.1) is 16.5 Å². The van der Waals surface area contributed by atoms with E-state index in [1.165, 1.54) is 30.0 Å². The van der Waals surface area contributed by atoms with E-state index in [1.807, 2.05) is 0 Å². The summed E-state index contributed by atoms with van der Waals surface area (Å²) in [5.74, 6) is -0.334. The molecule has 3 nitrogen and oxygen atoms in total. The monoisotopic (exact) mass is 555 g/mol. The van der Waals surface area contributed by atoms with E-state index in [2.05, 4.69) is 4.40 Å². The third-order valence-electron chi connectivity index (χ3n) is 4.55. The molecule has 0 amide bonds. The Balaban J connectivity index is 1.80. The quantitative estimate of drug-likeness (QED) is 0.211. The average Bonchev–Trinajstić information content (AvgIpc) is 3.12. The SMILES string of the molecule is CC(C)(C)OC(=O)CSc1ccc(C2=NSC(c3cc(Cl)cc(Cl)c3)(C(F)(F)F)C2)cc1Cl. The van der Waals surface area contributed by atoms with Crippen molar-refractivity contribution in [3.63, 3.8) is 0 Å². The lowest BCUT2D eigenvalue weighted by Gasteiger charge is -2.30. The number of nitrogens with zero attached hydrogens (tertiary/aromatic N) is 1. The molecule has 178 valence electrons. The van der Waals surface area contributed by atoms with Crippen molar-refractivity contribution in [2.24, 2.45) is 4.40 Å². The highest BCUT2D eigenvalue weighted by Crippen LogP contribution is 2.57. The van der Waals surface area contributed by atoms with Crippen molar-refractivity contribution in [3.05, 3.63) is 62.6 Å². The molecular weight excluding hydrogens is 538 g/mol. The minimum Gasteiger partial charge on any atom is -0.459 e. The van der Waals surface area contributed by atoms with Gasteiger partial charge >= 0.3 is 12.1 Å². The van der Waals surface area contributed by atoms with Crippen LogP contribution in [0, 0.1) is 0 Å². The second-order valence-electron chi connectivity index (χ2n) is 8.31. The van der Waals surface area contributed by atoms with Gasteiger partial charge in [0, 0.05) is 21.4 Å². The first kappa shape index (κ1) is 26.5. The molecule has 0 bridgehead atoms. The van der Waals surface area contributed by atoms with Crippen molar-refractivity contribution in [2.45, 2.75) is 48.6 Å². The molecule has 0 spiro atoms. The predicted molar refractivity (Wildman–Crippen MR) is 131 cm³/mol. The second-order valence-corrected chi connectivity index (χ2v) is 11.7. The van der Waals surface area contributed by atoms with Gasteiger partial charge in [0.25, 0.3) is 0 Å². The van der Waals surface area contributed by atoms with Gasteiger partial charge < -0.3 is 4.74 Å². The Kier molecular flexibility index (Phi) is 7.96. The highest BCUT2D eigenvalue weighted by Gasteiger charge is 2.60. The van der Waals surface area contributed by atoms with Crippen LogP contribution in [0.4, 0.5) is 13.2 Å². The second kappa shape index (κ2) is 9.90. The third kappa shape index (κ3) is 6.34. The van der Waals surface area contributed by atoms with Crippen LogP contribution >= 0.6 is 58.5 Å². The van der Waals surface area contributed by atoms with E-state index in [0.717, 1.165) is 0 Å². The molecule has 2 aromatic rings. The van der Waals surface area contributed by atoms with E-state index in [4.69, 9.17) is 39.5 Å². The number of hydrogen-bond donors (Lipinski definition) is 0. The number of esters is 1. The summed E-state index contributed by atoms with van der Waals surface area (Å²) in [6, 6.07) is 8.75. The van der Waals surface area contributed by atoms with Gasteiger partial charge in [0.15, 0.2) is 4.75 Å². The highest BCUT2D eigenvalue weighted by atomic mass is 35.5. The summed E-state index contributed by atoms with van der Waals surface area (Å²) < 4.78 is 49.8. The zero-order valence-corrected chi connectivity index (χ0v) is 21.6. The fourth-order valence-electron chi connectivity index (χ4n) is 3.15. The molecule has 0 N–H and O–H groups in total. The van der Waals surface area contributed by atoms with Gasteiger partial charge in [-0.25, -0.2) is 4.40 Å². The van der Waals surface area contributed by atoms with Gasteiger partial charge in [-0.05, 0) is 74.2 Å². The maximum atomic E-state index is 14.2. The molecule has 1 heterocycles. The molecule has 1 aliphatic heterocycles. The Hall–Kier alpha value is -1.06. The largest absolute Gasteiger partial charge is 0.459 e. The Morgan fingerprint density at radius 3 is 2.30 bits per heavy atom. The lowest BCUT2D eigenvalue weighted by atomic mass is 9.89. The first-order valence-electron chi connectivity index (χ1n) is 9.63. The van der Waals surface area contributed by atoms with Crippen LogP contribution in [0.3, 0.4) is 0 Å². The molecule has 0 fully saturated rings. The van der Waals surface area contributed by atoms with E-state index < -0.39 is 22.9 Å². The lowest BCUT2D eigenvalue weighted by Crippen LogP contribution is -2.38. The van der Waals surface area contributed by atoms with Crippen LogP contribution < -0.4 is 0 Å². The fourth-order valence-corrected chi connectivity index (χ4v) is 5.68. The van der Waals surface area contributed by atoms with Crippen molar-refractivity contribution in [1.82, 2.24) is 0 Å². The van der Waals surface area contributed by atoms with Gasteiger partial charge in [-0.1, -0.05) is 40.9 Å². The number of carbonyl (C=O) groups is 1. The van der Waals surface area contributed by atoms with Gasteiger partial charge in [0.2, 0.25) is 0 Å². The van der Waals surface area contributed by atoms with Crippen molar-refractivity contribution in [2.75, 3.05) is 5.75 Å².